The molecule has 1 aliphatic rings. The van der Waals surface area contributed by atoms with E-state index in [0.29, 0.717) is 23.9 Å². The van der Waals surface area contributed by atoms with Crippen molar-refractivity contribution in [3.63, 3.8) is 0 Å². The van der Waals surface area contributed by atoms with Gasteiger partial charge in [-0.2, -0.15) is 0 Å². The van der Waals surface area contributed by atoms with Crippen LogP contribution in [0.3, 0.4) is 0 Å². The maximum atomic E-state index is 13.2. The summed E-state index contributed by atoms with van der Waals surface area (Å²) in [4.78, 5) is 28.5. The zero-order valence-corrected chi connectivity index (χ0v) is 19.0. The number of rotatable bonds is 6. The topological polar surface area (TPSA) is 77.4 Å². The first kappa shape index (κ1) is 21.7. The van der Waals surface area contributed by atoms with Gasteiger partial charge in [-0.1, -0.05) is 6.07 Å². The number of carbonyl (C=O) groups excluding carboxylic acids is 1. The van der Waals surface area contributed by atoms with E-state index in [0.717, 1.165) is 40.8 Å². The van der Waals surface area contributed by atoms with Crippen molar-refractivity contribution in [1.29, 1.82) is 0 Å². The fourth-order valence-electron chi connectivity index (χ4n) is 4.19. The highest BCUT2D eigenvalue weighted by Gasteiger charge is 2.33. The van der Waals surface area contributed by atoms with E-state index in [2.05, 4.69) is 9.97 Å². The molecule has 2 aromatic heterocycles. The van der Waals surface area contributed by atoms with Gasteiger partial charge in [-0.3, -0.25) is 9.78 Å². The van der Waals surface area contributed by atoms with Crippen molar-refractivity contribution >= 4 is 5.91 Å². The largest absolute Gasteiger partial charge is 0.493 e. The van der Waals surface area contributed by atoms with Crippen LogP contribution in [0.25, 0.3) is 11.1 Å². The minimum atomic E-state index is -0.115. The molecule has 7 nitrogen and oxygen atoms in total. The van der Waals surface area contributed by atoms with Crippen LogP contribution in [0.15, 0.2) is 42.9 Å². The van der Waals surface area contributed by atoms with Crippen molar-refractivity contribution in [2.24, 2.45) is 0 Å². The molecule has 32 heavy (non-hydrogen) atoms. The summed E-state index contributed by atoms with van der Waals surface area (Å²) in [6, 6.07) is 7.52. The van der Waals surface area contributed by atoms with E-state index in [9.17, 15) is 4.79 Å². The highest BCUT2D eigenvalue weighted by molar-refractivity contribution is 5.79. The number of amides is 1. The smallest absolute Gasteiger partial charge is 0.261 e. The summed E-state index contributed by atoms with van der Waals surface area (Å²) >= 11 is 0. The molecule has 3 heterocycles. The third-order valence-electron chi connectivity index (χ3n) is 5.81. The lowest BCUT2D eigenvalue weighted by molar-refractivity contribution is -0.134. The molecule has 0 spiro atoms. The average Bonchev–Trinajstić information content (AvgIpc) is 3.28. The number of ether oxygens (including phenoxy) is 2. The normalized spacial score (nSPS) is 15.6. The molecule has 7 heteroatoms. The maximum Gasteiger partial charge on any atom is 0.261 e. The van der Waals surface area contributed by atoms with Crippen molar-refractivity contribution < 1.29 is 14.3 Å². The Balaban J connectivity index is 1.59. The molecule has 1 amide bonds. The van der Waals surface area contributed by atoms with Crippen LogP contribution in [0.4, 0.5) is 0 Å². The van der Waals surface area contributed by atoms with Crippen LogP contribution >= 0.6 is 0 Å². The summed E-state index contributed by atoms with van der Waals surface area (Å²) in [7, 11) is 1.60. The van der Waals surface area contributed by atoms with Crippen molar-refractivity contribution in [2.45, 2.75) is 39.7 Å². The lowest BCUT2D eigenvalue weighted by atomic mass is 9.97. The number of likely N-dealkylation sites (tertiary alicyclic amines) is 1. The van der Waals surface area contributed by atoms with Crippen molar-refractivity contribution in [3.8, 4) is 22.6 Å². The monoisotopic (exact) mass is 432 g/mol. The number of aryl methyl sites for hydroxylation is 3. The minimum Gasteiger partial charge on any atom is -0.493 e. The van der Waals surface area contributed by atoms with Gasteiger partial charge in [0.15, 0.2) is 18.1 Å². The van der Waals surface area contributed by atoms with Gasteiger partial charge in [0.05, 0.1) is 18.8 Å². The predicted octanol–water partition coefficient (Wildman–Crippen LogP) is 4.21. The SMILES string of the molecule is COc1cc(C)ccc1OCC(=O)N1CCCC1c1nc(C)ncc1-c1ccncc1C. The molecular formula is C25H28N4O3. The van der Waals surface area contributed by atoms with Gasteiger partial charge in [0.1, 0.15) is 5.82 Å². The summed E-state index contributed by atoms with van der Waals surface area (Å²) in [5, 5.41) is 0. The van der Waals surface area contributed by atoms with Gasteiger partial charge in [0.2, 0.25) is 0 Å². The van der Waals surface area contributed by atoms with E-state index < -0.39 is 0 Å². The van der Waals surface area contributed by atoms with Crippen LogP contribution in [0.2, 0.25) is 0 Å². The van der Waals surface area contributed by atoms with Gasteiger partial charge in [-0.25, -0.2) is 9.97 Å². The first-order chi connectivity index (χ1) is 15.5. The molecule has 3 aromatic rings. The van der Waals surface area contributed by atoms with Gasteiger partial charge in [0, 0.05) is 30.7 Å². The van der Waals surface area contributed by atoms with E-state index in [4.69, 9.17) is 14.5 Å². The molecule has 1 fully saturated rings. The van der Waals surface area contributed by atoms with Gasteiger partial charge >= 0.3 is 0 Å². The Bertz CT molecular complexity index is 1130. The molecule has 1 saturated heterocycles. The molecule has 4 rings (SSSR count). The molecule has 0 aliphatic carbocycles. The van der Waals surface area contributed by atoms with Gasteiger partial charge in [-0.15, -0.1) is 0 Å². The second-order valence-electron chi connectivity index (χ2n) is 8.09. The zero-order chi connectivity index (χ0) is 22.7. The molecule has 1 unspecified atom stereocenters. The van der Waals surface area contributed by atoms with Gasteiger partial charge < -0.3 is 14.4 Å². The fraction of sp³-hybridized carbons (Fsp3) is 0.360. The van der Waals surface area contributed by atoms with Gasteiger partial charge in [0.25, 0.3) is 5.91 Å². The molecule has 166 valence electrons. The van der Waals surface area contributed by atoms with Crippen LogP contribution in [0.1, 0.15) is 41.5 Å². The average molecular weight is 433 g/mol. The molecule has 1 aromatic carbocycles. The number of nitrogens with zero attached hydrogens (tertiary/aromatic N) is 4. The highest BCUT2D eigenvalue weighted by atomic mass is 16.5. The van der Waals surface area contributed by atoms with Crippen LogP contribution < -0.4 is 9.47 Å². The van der Waals surface area contributed by atoms with Gasteiger partial charge in [-0.05, 0) is 68.5 Å². The minimum absolute atomic E-state index is 0.0520. The molecule has 0 saturated carbocycles. The molecule has 0 N–H and O–H groups in total. The number of aromatic nitrogens is 3. The Morgan fingerprint density at radius 1 is 1.12 bits per heavy atom. The standard InChI is InChI=1S/C25H28N4O3/c1-16-7-8-22(23(12-16)31-4)32-15-24(30)29-11-5-6-21(29)25-20(14-27-18(3)28-25)19-9-10-26-13-17(19)2/h7-10,12-14,21H,5-6,11,15H2,1-4H3. The van der Waals surface area contributed by atoms with E-state index >= 15 is 0 Å². The third-order valence-corrected chi connectivity index (χ3v) is 5.81. The number of carbonyl (C=O) groups is 1. The molecule has 0 bridgehead atoms. The second-order valence-corrected chi connectivity index (χ2v) is 8.09. The molecule has 1 aliphatic heterocycles. The van der Waals surface area contributed by atoms with Crippen LogP contribution in [0.5, 0.6) is 11.5 Å². The lowest BCUT2D eigenvalue weighted by Crippen LogP contribution is -2.35. The Kier molecular flexibility index (Phi) is 6.35. The Morgan fingerprint density at radius 3 is 2.75 bits per heavy atom. The van der Waals surface area contributed by atoms with E-state index in [1.807, 2.05) is 62.3 Å². The Labute approximate surface area is 188 Å². The fourth-order valence-corrected chi connectivity index (χ4v) is 4.19. The summed E-state index contributed by atoms with van der Waals surface area (Å²) in [5.41, 5.74) is 4.98. The quantitative estimate of drug-likeness (QED) is 0.581. The third kappa shape index (κ3) is 4.42. The van der Waals surface area contributed by atoms with Crippen LogP contribution in [-0.2, 0) is 4.79 Å². The van der Waals surface area contributed by atoms with Crippen molar-refractivity contribution in [2.75, 3.05) is 20.3 Å². The summed E-state index contributed by atoms with van der Waals surface area (Å²) < 4.78 is 11.2. The summed E-state index contributed by atoms with van der Waals surface area (Å²) in [6.45, 7) is 6.50. The summed E-state index contributed by atoms with van der Waals surface area (Å²) in [6.07, 6.45) is 7.23. The van der Waals surface area contributed by atoms with E-state index in [1.54, 1.807) is 13.3 Å². The predicted molar refractivity (Wildman–Crippen MR) is 122 cm³/mol. The van der Waals surface area contributed by atoms with Crippen LogP contribution in [0, 0.1) is 20.8 Å². The number of hydrogen-bond acceptors (Lipinski definition) is 6. The Hall–Kier alpha value is -3.48. The van der Waals surface area contributed by atoms with Crippen molar-refractivity contribution in [3.05, 3.63) is 65.5 Å². The molecular weight excluding hydrogens is 404 g/mol. The second kappa shape index (κ2) is 9.34. The lowest BCUT2D eigenvalue weighted by Gasteiger charge is -2.26. The van der Waals surface area contributed by atoms with Crippen molar-refractivity contribution in [1.82, 2.24) is 19.9 Å². The molecule has 0 radical (unpaired) electrons. The number of methoxy groups -OCH3 is 1. The first-order valence-electron chi connectivity index (χ1n) is 10.8. The summed E-state index contributed by atoms with van der Waals surface area (Å²) in [5.74, 6) is 1.81. The van der Waals surface area contributed by atoms with E-state index in [1.165, 1.54) is 0 Å². The number of pyridine rings is 1. The number of hydrogen-bond donors (Lipinski definition) is 0. The van der Waals surface area contributed by atoms with Crippen LogP contribution in [-0.4, -0.2) is 46.0 Å². The maximum absolute atomic E-state index is 13.2. The highest BCUT2D eigenvalue weighted by Crippen LogP contribution is 2.37. The zero-order valence-electron chi connectivity index (χ0n) is 19.0. The first-order valence-corrected chi connectivity index (χ1v) is 10.8. The molecule has 1 atom stereocenters. The number of benzene rings is 1. The van der Waals surface area contributed by atoms with E-state index in [-0.39, 0.29) is 18.6 Å². The Morgan fingerprint density at radius 2 is 1.97 bits per heavy atom.